The zero-order valence-corrected chi connectivity index (χ0v) is 12.0. The fraction of sp³-hybridized carbons (Fsp3) is 0.600. The Morgan fingerprint density at radius 1 is 1.63 bits per heavy atom. The number of aliphatic carboxylic acids is 1. The maximum absolute atomic E-state index is 12.4. The molecule has 9 heteroatoms. The van der Waals surface area contributed by atoms with Gasteiger partial charge in [0, 0.05) is 37.3 Å². The molecule has 1 unspecified atom stereocenters. The minimum absolute atomic E-state index is 0.0303. The summed E-state index contributed by atoms with van der Waals surface area (Å²) in [6, 6.07) is -0.511. The minimum Gasteiger partial charge on any atom is -0.481 e. The van der Waals surface area contributed by atoms with Gasteiger partial charge in [0.25, 0.3) is 10.0 Å². The van der Waals surface area contributed by atoms with Crippen LogP contribution in [-0.4, -0.2) is 57.4 Å². The van der Waals surface area contributed by atoms with E-state index in [9.17, 15) is 13.2 Å². The van der Waals surface area contributed by atoms with Crippen molar-refractivity contribution in [3.8, 4) is 0 Å². The number of hydrogen-bond acceptors (Lipinski definition) is 5. The fourth-order valence-electron chi connectivity index (χ4n) is 1.96. The summed E-state index contributed by atoms with van der Waals surface area (Å²) < 4.78 is 27.7. The Morgan fingerprint density at radius 2 is 2.37 bits per heavy atom. The number of carbonyl (C=O) groups is 1. The number of sulfonamides is 1. The van der Waals surface area contributed by atoms with Crippen LogP contribution in [-0.2, 0) is 21.9 Å². The fourth-order valence-corrected chi connectivity index (χ4v) is 4.83. The van der Waals surface area contributed by atoms with E-state index in [0.717, 1.165) is 0 Å². The van der Waals surface area contributed by atoms with Crippen molar-refractivity contribution in [1.29, 1.82) is 0 Å². The first-order valence-corrected chi connectivity index (χ1v) is 8.30. The number of thioether (sulfide) groups is 1. The standard InChI is InChI=1S/C10H15N3O4S2/c1-12-5-9(11-7-12)19(16,17)13-2-3-18-6-8(13)4-10(14)15/h5,7-8H,2-4,6H2,1H3,(H,14,15). The van der Waals surface area contributed by atoms with E-state index in [2.05, 4.69) is 4.98 Å². The average molecular weight is 305 g/mol. The molecule has 1 aromatic heterocycles. The third-order valence-corrected chi connectivity index (χ3v) is 5.77. The Labute approximate surface area is 115 Å². The predicted octanol–water partition coefficient (Wildman–Crippen LogP) is 0.000900. The summed E-state index contributed by atoms with van der Waals surface area (Å²) in [6.45, 7) is 0.321. The summed E-state index contributed by atoms with van der Waals surface area (Å²) in [7, 11) is -2.02. The second-order valence-corrected chi connectivity index (χ2v) is 7.31. The molecule has 1 N–H and O–H groups in total. The quantitative estimate of drug-likeness (QED) is 0.842. The zero-order chi connectivity index (χ0) is 14.0. The van der Waals surface area contributed by atoms with Crippen molar-refractivity contribution < 1.29 is 18.3 Å². The highest BCUT2D eigenvalue weighted by atomic mass is 32.2. The van der Waals surface area contributed by atoms with Crippen molar-refractivity contribution in [2.75, 3.05) is 18.1 Å². The molecule has 2 rings (SSSR count). The SMILES string of the molecule is Cn1cnc(S(=O)(=O)N2CCSCC2CC(=O)O)c1. The van der Waals surface area contributed by atoms with E-state index in [0.29, 0.717) is 18.1 Å². The number of aryl methyl sites for hydroxylation is 1. The molecular formula is C10H15N3O4S2. The number of aromatic nitrogens is 2. The van der Waals surface area contributed by atoms with Crippen LogP contribution in [0, 0.1) is 0 Å². The molecule has 1 aromatic rings. The van der Waals surface area contributed by atoms with Gasteiger partial charge < -0.3 is 9.67 Å². The average Bonchev–Trinajstić information content (AvgIpc) is 2.76. The van der Waals surface area contributed by atoms with Gasteiger partial charge in [0.15, 0.2) is 5.03 Å². The highest BCUT2D eigenvalue weighted by Crippen LogP contribution is 2.25. The van der Waals surface area contributed by atoms with Gasteiger partial charge in [0.2, 0.25) is 0 Å². The Morgan fingerprint density at radius 3 is 2.95 bits per heavy atom. The summed E-state index contributed by atoms with van der Waals surface area (Å²) in [6.07, 6.45) is 2.66. The van der Waals surface area contributed by atoms with Crippen molar-refractivity contribution in [1.82, 2.24) is 13.9 Å². The lowest BCUT2D eigenvalue weighted by Gasteiger charge is -2.32. The van der Waals surface area contributed by atoms with Gasteiger partial charge in [-0.15, -0.1) is 0 Å². The van der Waals surface area contributed by atoms with Gasteiger partial charge >= 0.3 is 5.97 Å². The van der Waals surface area contributed by atoms with E-state index < -0.39 is 22.0 Å². The van der Waals surface area contributed by atoms with Crippen LogP contribution in [0.3, 0.4) is 0 Å². The smallest absolute Gasteiger partial charge is 0.305 e. The maximum Gasteiger partial charge on any atom is 0.305 e. The highest BCUT2D eigenvalue weighted by Gasteiger charge is 2.36. The van der Waals surface area contributed by atoms with Crippen molar-refractivity contribution in [3.63, 3.8) is 0 Å². The summed E-state index contributed by atoms with van der Waals surface area (Å²) in [5, 5.41) is 8.84. The van der Waals surface area contributed by atoms with Gasteiger partial charge in [-0.25, -0.2) is 13.4 Å². The minimum atomic E-state index is -3.71. The molecule has 0 spiro atoms. The summed E-state index contributed by atoms with van der Waals surface area (Å²) >= 11 is 1.57. The second-order valence-electron chi connectivity index (χ2n) is 4.32. The van der Waals surface area contributed by atoms with Crippen molar-refractivity contribution >= 4 is 27.8 Å². The van der Waals surface area contributed by atoms with Gasteiger partial charge in [0.05, 0.1) is 12.7 Å². The lowest BCUT2D eigenvalue weighted by Crippen LogP contribution is -2.47. The van der Waals surface area contributed by atoms with Crippen molar-refractivity contribution in [2.24, 2.45) is 7.05 Å². The van der Waals surface area contributed by atoms with E-state index in [4.69, 9.17) is 5.11 Å². The van der Waals surface area contributed by atoms with Crippen LogP contribution < -0.4 is 0 Å². The first kappa shape index (κ1) is 14.4. The third-order valence-electron chi connectivity index (χ3n) is 2.84. The second kappa shape index (κ2) is 5.51. The van der Waals surface area contributed by atoms with Gasteiger partial charge in [-0.05, 0) is 0 Å². The molecule has 0 aromatic carbocycles. The van der Waals surface area contributed by atoms with E-state index >= 15 is 0 Å². The van der Waals surface area contributed by atoms with E-state index in [1.807, 2.05) is 0 Å². The molecule has 1 aliphatic rings. The lowest BCUT2D eigenvalue weighted by atomic mass is 10.2. The van der Waals surface area contributed by atoms with E-state index in [1.165, 1.54) is 16.8 Å². The molecule has 0 bridgehead atoms. The Kier molecular flexibility index (Phi) is 4.16. The summed E-state index contributed by atoms with van der Waals surface area (Å²) in [4.78, 5) is 14.7. The molecular weight excluding hydrogens is 290 g/mol. The largest absolute Gasteiger partial charge is 0.481 e. The van der Waals surface area contributed by atoms with Crippen molar-refractivity contribution in [2.45, 2.75) is 17.5 Å². The molecule has 0 saturated carbocycles. The number of carboxylic acids is 1. The van der Waals surface area contributed by atoms with Crippen LogP contribution in [0.4, 0.5) is 0 Å². The van der Waals surface area contributed by atoms with Crippen LogP contribution in [0.5, 0.6) is 0 Å². The zero-order valence-electron chi connectivity index (χ0n) is 10.4. The number of hydrogen-bond donors (Lipinski definition) is 1. The van der Waals surface area contributed by atoms with Crippen LogP contribution in [0.2, 0.25) is 0 Å². The number of nitrogens with zero attached hydrogens (tertiary/aromatic N) is 3. The summed E-state index contributed by atoms with van der Waals surface area (Å²) in [5.74, 6) is 0.175. The van der Waals surface area contributed by atoms with Gasteiger partial charge in [-0.2, -0.15) is 16.1 Å². The van der Waals surface area contributed by atoms with Crippen LogP contribution in [0.15, 0.2) is 17.6 Å². The maximum atomic E-state index is 12.4. The Hall–Kier alpha value is -1.06. The Balaban J connectivity index is 2.28. The Bertz CT molecular complexity index is 569. The normalized spacial score (nSPS) is 21.4. The molecule has 0 radical (unpaired) electrons. The van der Waals surface area contributed by atoms with Crippen molar-refractivity contribution in [3.05, 3.63) is 12.5 Å². The van der Waals surface area contributed by atoms with E-state index in [1.54, 1.807) is 23.4 Å². The molecule has 7 nitrogen and oxygen atoms in total. The van der Waals surface area contributed by atoms with Gasteiger partial charge in [-0.3, -0.25) is 4.79 Å². The van der Waals surface area contributed by atoms with Crippen LogP contribution in [0.25, 0.3) is 0 Å². The molecule has 1 fully saturated rings. The summed E-state index contributed by atoms with van der Waals surface area (Å²) in [5.41, 5.74) is 0. The third kappa shape index (κ3) is 3.10. The number of imidazole rings is 1. The van der Waals surface area contributed by atoms with Gasteiger partial charge in [0.1, 0.15) is 0 Å². The first-order valence-electron chi connectivity index (χ1n) is 5.70. The van der Waals surface area contributed by atoms with Crippen LogP contribution in [0.1, 0.15) is 6.42 Å². The molecule has 106 valence electrons. The highest BCUT2D eigenvalue weighted by molar-refractivity contribution is 7.99. The predicted molar refractivity (Wildman–Crippen MR) is 70.5 cm³/mol. The lowest BCUT2D eigenvalue weighted by molar-refractivity contribution is -0.137. The van der Waals surface area contributed by atoms with E-state index in [-0.39, 0.29) is 11.4 Å². The molecule has 2 heterocycles. The van der Waals surface area contributed by atoms with Gasteiger partial charge in [-0.1, -0.05) is 0 Å². The monoisotopic (exact) mass is 305 g/mol. The molecule has 1 atom stereocenters. The topological polar surface area (TPSA) is 92.5 Å². The molecule has 1 aliphatic heterocycles. The van der Waals surface area contributed by atoms with Crippen LogP contribution >= 0.6 is 11.8 Å². The molecule has 1 saturated heterocycles. The molecule has 19 heavy (non-hydrogen) atoms. The molecule has 0 amide bonds. The first-order chi connectivity index (χ1) is 8.91. The number of rotatable bonds is 4. The molecule has 0 aliphatic carbocycles. The number of carboxylic acid groups (broad SMARTS) is 1.